The predicted molar refractivity (Wildman–Crippen MR) is 111 cm³/mol. The summed E-state index contributed by atoms with van der Waals surface area (Å²) in [7, 11) is 0. The summed E-state index contributed by atoms with van der Waals surface area (Å²) in [5.41, 5.74) is 1.27. The number of aliphatic hydroxyl groups excluding tert-OH is 1. The number of benzene rings is 2. The average Bonchev–Trinajstić information content (AvgIpc) is 3.37. The molecule has 1 saturated heterocycles. The van der Waals surface area contributed by atoms with Crippen molar-refractivity contribution in [2.45, 2.75) is 19.5 Å². The van der Waals surface area contributed by atoms with Crippen LogP contribution in [0.25, 0.3) is 5.76 Å². The number of carbonyl (C=O) groups excluding carboxylic acids is 2. The number of amides is 1. The lowest BCUT2D eigenvalue weighted by molar-refractivity contribution is -0.140. The molecule has 152 valence electrons. The highest BCUT2D eigenvalue weighted by molar-refractivity contribution is 6.46. The van der Waals surface area contributed by atoms with Crippen molar-refractivity contribution >= 4 is 17.4 Å². The van der Waals surface area contributed by atoms with E-state index in [1.165, 1.54) is 11.2 Å². The highest BCUT2D eigenvalue weighted by Crippen LogP contribution is 2.40. The fraction of sp³-hybridized carbons (Fsp3) is 0.167. The Morgan fingerprint density at radius 3 is 2.57 bits per heavy atom. The van der Waals surface area contributed by atoms with Gasteiger partial charge in [-0.05, 0) is 36.8 Å². The first-order valence-corrected chi connectivity index (χ1v) is 9.69. The molecule has 2 aromatic carbocycles. The molecular formula is C24H21NO5. The first-order valence-electron chi connectivity index (χ1n) is 9.69. The lowest BCUT2D eigenvalue weighted by atomic mass is 9.99. The van der Waals surface area contributed by atoms with Gasteiger partial charge in [0, 0.05) is 12.1 Å². The largest absolute Gasteiger partial charge is 0.507 e. The van der Waals surface area contributed by atoms with Crippen molar-refractivity contribution in [1.82, 2.24) is 4.90 Å². The second-order valence-corrected chi connectivity index (χ2v) is 6.89. The van der Waals surface area contributed by atoms with E-state index in [1.807, 2.05) is 37.3 Å². The molecule has 0 bridgehead atoms. The van der Waals surface area contributed by atoms with Crippen molar-refractivity contribution in [3.63, 3.8) is 0 Å². The second-order valence-electron chi connectivity index (χ2n) is 6.89. The van der Waals surface area contributed by atoms with Crippen molar-refractivity contribution in [3.8, 4) is 5.75 Å². The molecule has 0 saturated carbocycles. The number of Topliss-reactive ketones (excluding diaryl/α,β-unsaturated/α-hetero) is 1. The van der Waals surface area contributed by atoms with Gasteiger partial charge in [0.1, 0.15) is 23.3 Å². The Labute approximate surface area is 174 Å². The van der Waals surface area contributed by atoms with E-state index in [1.54, 1.807) is 36.4 Å². The highest BCUT2D eigenvalue weighted by Gasteiger charge is 2.47. The van der Waals surface area contributed by atoms with Gasteiger partial charge in [-0.15, -0.1) is 0 Å². The van der Waals surface area contributed by atoms with Crippen LogP contribution in [0.5, 0.6) is 5.75 Å². The Morgan fingerprint density at radius 2 is 1.87 bits per heavy atom. The zero-order valence-electron chi connectivity index (χ0n) is 16.4. The number of ketones is 1. The number of ether oxygens (including phenoxy) is 1. The summed E-state index contributed by atoms with van der Waals surface area (Å²) in [5.74, 6) is -0.705. The molecule has 1 aliphatic rings. The predicted octanol–water partition coefficient (Wildman–Crippen LogP) is 4.30. The van der Waals surface area contributed by atoms with Crippen molar-refractivity contribution in [2.75, 3.05) is 6.61 Å². The fourth-order valence-electron chi connectivity index (χ4n) is 3.62. The van der Waals surface area contributed by atoms with Gasteiger partial charge in [0.25, 0.3) is 11.7 Å². The van der Waals surface area contributed by atoms with E-state index in [-0.39, 0.29) is 17.9 Å². The van der Waals surface area contributed by atoms with E-state index in [0.29, 0.717) is 23.7 Å². The van der Waals surface area contributed by atoms with Crippen LogP contribution >= 0.6 is 0 Å². The van der Waals surface area contributed by atoms with E-state index in [2.05, 4.69) is 0 Å². The molecular weight excluding hydrogens is 382 g/mol. The maximum Gasteiger partial charge on any atom is 0.296 e. The molecule has 1 aliphatic heterocycles. The van der Waals surface area contributed by atoms with Crippen LogP contribution in [0.1, 0.15) is 29.9 Å². The van der Waals surface area contributed by atoms with Gasteiger partial charge in [-0.3, -0.25) is 9.59 Å². The summed E-state index contributed by atoms with van der Waals surface area (Å²) < 4.78 is 11.0. The standard InChI is InChI=1S/C24H21NO5/c1-2-29-18-11-6-10-17(14-18)22(26)20-21(19-12-7-13-30-19)25(24(28)23(20)27)15-16-8-4-3-5-9-16/h3-14,21,26H,2,15H2,1H3/b22-20+. The Kier molecular flexibility index (Phi) is 5.39. The topological polar surface area (TPSA) is 80.0 Å². The lowest BCUT2D eigenvalue weighted by Crippen LogP contribution is -2.29. The summed E-state index contributed by atoms with van der Waals surface area (Å²) in [6, 6.07) is 18.7. The second kappa shape index (κ2) is 8.29. The Bertz CT molecular complexity index is 1090. The number of nitrogens with zero attached hydrogens (tertiary/aromatic N) is 1. The highest BCUT2D eigenvalue weighted by atomic mass is 16.5. The zero-order chi connectivity index (χ0) is 21.1. The summed E-state index contributed by atoms with van der Waals surface area (Å²) in [6.45, 7) is 2.54. The van der Waals surface area contributed by atoms with E-state index >= 15 is 0 Å². The van der Waals surface area contributed by atoms with E-state index in [9.17, 15) is 14.7 Å². The fourth-order valence-corrected chi connectivity index (χ4v) is 3.62. The molecule has 2 heterocycles. The van der Waals surface area contributed by atoms with Gasteiger partial charge in [-0.25, -0.2) is 0 Å². The van der Waals surface area contributed by atoms with Crippen molar-refractivity contribution in [3.05, 3.63) is 95.5 Å². The first-order chi connectivity index (χ1) is 14.6. The molecule has 1 fully saturated rings. The summed E-state index contributed by atoms with van der Waals surface area (Å²) in [4.78, 5) is 27.3. The third-order valence-electron chi connectivity index (χ3n) is 4.97. The number of likely N-dealkylation sites (tertiary alicyclic amines) is 1. The average molecular weight is 403 g/mol. The summed E-state index contributed by atoms with van der Waals surface area (Å²) in [6.07, 6.45) is 1.48. The van der Waals surface area contributed by atoms with Crippen LogP contribution in [0.2, 0.25) is 0 Å². The first kappa shape index (κ1) is 19.5. The Hall–Kier alpha value is -3.80. The summed E-state index contributed by atoms with van der Waals surface area (Å²) >= 11 is 0. The minimum absolute atomic E-state index is 0.000436. The van der Waals surface area contributed by atoms with E-state index < -0.39 is 17.7 Å². The van der Waals surface area contributed by atoms with Gasteiger partial charge >= 0.3 is 0 Å². The van der Waals surface area contributed by atoms with Crippen LogP contribution in [-0.2, 0) is 16.1 Å². The molecule has 1 aromatic heterocycles. The normalized spacial score (nSPS) is 18.0. The minimum atomic E-state index is -0.823. The SMILES string of the molecule is CCOc1cccc(/C(O)=C2\C(=O)C(=O)N(Cc3ccccc3)C2c2ccco2)c1. The van der Waals surface area contributed by atoms with Gasteiger partial charge < -0.3 is 19.2 Å². The molecule has 1 amide bonds. The molecule has 0 spiro atoms. The van der Waals surface area contributed by atoms with Crippen LogP contribution in [0.15, 0.2) is 83.0 Å². The maximum atomic E-state index is 13.0. The van der Waals surface area contributed by atoms with Crippen molar-refractivity contribution in [1.29, 1.82) is 0 Å². The van der Waals surface area contributed by atoms with Gasteiger partial charge in [0.15, 0.2) is 0 Å². The molecule has 1 atom stereocenters. The van der Waals surface area contributed by atoms with Gasteiger partial charge in [0.05, 0.1) is 18.4 Å². The van der Waals surface area contributed by atoms with Crippen LogP contribution < -0.4 is 4.74 Å². The van der Waals surface area contributed by atoms with Gasteiger partial charge in [-0.1, -0.05) is 42.5 Å². The molecule has 0 radical (unpaired) electrons. The Morgan fingerprint density at radius 1 is 1.07 bits per heavy atom. The number of carbonyl (C=O) groups is 2. The van der Waals surface area contributed by atoms with Crippen LogP contribution in [0, 0.1) is 0 Å². The molecule has 0 aliphatic carbocycles. The minimum Gasteiger partial charge on any atom is -0.507 e. The van der Waals surface area contributed by atoms with Crippen molar-refractivity contribution in [2.24, 2.45) is 0 Å². The molecule has 30 heavy (non-hydrogen) atoms. The maximum absolute atomic E-state index is 13.0. The number of hydrogen-bond donors (Lipinski definition) is 1. The molecule has 1 N–H and O–H groups in total. The van der Waals surface area contributed by atoms with Gasteiger partial charge in [0.2, 0.25) is 0 Å². The lowest BCUT2D eigenvalue weighted by Gasteiger charge is -2.23. The third-order valence-corrected chi connectivity index (χ3v) is 4.97. The molecule has 3 aromatic rings. The molecule has 4 rings (SSSR count). The molecule has 1 unspecified atom stereocenters. The van der Waals surface area contributed by atoms with Crippen molar-refractivity contribution < 1.29 is 23.8 Å². The summed E-state index contributed by atoms with van der Waals surface area (Å²) in [5, 5.41) is 11.0. The molecule has 6 nitrogen and oxygen atoms in total. The molecule has 6 heteroatoms. The third kappa shape index (κ3) is 3.59. The quantitative estimate of drug-likeness (QED) is 0.377. The van der Waals surface area contributed by atoms with E-state index in [4.69, 9.17) is 9.15 Å². The monoisotopic (exact) mass is 403 g/mol. The number of rotatable bonds is 6. The van der Waals surface area contributed by atoms with E-state index in [0.717, 1.165) is 5.56 Å². The van der Waals surface area contributed by atoms with Crippen LogP contribution in [0.3, 0.4) is 0 Å². The van der Waals surface area contributed by atoms with Crippen LogP contribution in [-0.4, -0.2) is 28.3 Å². The zero-order valence-corrected chi connectivity index (χ0v) is 16.4. The Balaban J connectivity index is 1.81. The number of aliphatic hydroxyl groups is 1. The van der Waals surface area contributed by atoms with Gasteiger partial charge in [-0.2, -0.15) is 0 Å². The number of furan rings is 1. The van der Waals surface area contributed by atoms with Crippen LogP contribution in [0.4, 0.5) is 0 Å². The smallest absolute Gasteiger partial charge is 0.296 e. The number of hydrogen-bond acceptors (Lipinski definition) is 5.